The van der Waals surface area contributed by atoms with Crippen molar-refractivity contribution in [1.29, 1.82) is 0 Å². The summed E-state index contributed by atoms with van der Waals surface area (Å²) in [5, 5.41) is 6.79. The Morgan fingerprint density at radius 1 is 1.33 bits per heavy atom. The van der Waals surface area contributed by atoms with E-state index in [0.717, 1.165) is 32.1 Å². The first-order valence-electron chi connectivity index (χ1n) is 9.02. The molecule has 0 saturated carbocycles. The molecular weight excluding hydrogens is 300 g/mol. The van der Waals surface area contributed by atoms with E-state index in [1.165, 1.54) is 24.9 Å². The Bertz CT molecular complexity index is 491. The van der Waals surface area contributed by atoms with E-state index in [2.05, 4.69) is 46.6 Å². The molecule has 0 bridgehead atoms. The molecule has 134 valence electrons. The summed E-state index contributed by atoms with van der Waals surface area (Å²) in [6.45, 7) is 5.86. The Balaban J connectivity index is 1.57. The van der Waals surface area contributed by atoms with Gasteiger partial charge >= 0.3 is 0 Å². The van der Waals surface area contributed by atoms with Gasteiger partial charge in [-0.05, 0) is 45.3 Å². The molecule has 5 nitrogen and oxygen atoms in total. The van der Waals surface area contributed by atoms with Crippen LogP contribution in [0, 0.1) is 0 Å². The van der Waals surface area contributed by atoms with Crippen LogP contribution >= 0.6 is 0 Å². The van der Waals surface area contributed by atoms with Crippen molar-refractivity contribution in [3.8, 4) is 0 Å². The van der Waals surface area contributed by atoms with E-state index < -0.39 is 0 Å². The van der Waals surface area contributed by atoms with Gasteiger partial charge in [0.05, 0.1) is 6.10 Å². The zero-order chi connectivity index (χ0) is 17.2. The second kappa shape index (κ2) is 10.3. The summed E-state index contributed by atoms with van der Waals surface area (Å²) in [5.74, 6) is 0.881. The van der Waals surface area contributed by atoms with E-state index in [4.69, 9.17) is 4.74 Å². The van der Waals surface area contributed by atoms with Crippen molar-refractivity contribution in [3.05, 3.63) is 35.9 Å². The van der Waals surface area contributed by atoms with Crippen LogP contribution in [0.3, 0.4) is 0 Å². The summed E-state index contributed by atoms with van der Waals surface area (Å²) in [4.78, 5) is 6.71. The van der Waals surface area contributed by atoms with Gasteiger partial charge in [0.1, 0.15) is 0 Å². The summed E-state index contributed by atoms with van der Waals surface area (Å²) in [6, 6.07) is 11.0. The number of benzene rings is 1. The molecule has 1 aromatic carbocycles. The minimum atomic E-state index is 0.140. The number of nitrogens with one attached hydrogen (secondary N) is 2. The molecule has 1 saturated heterocycles. The average Bonchev–Trinajstić information content (AvgIpc) is 3.03. The standard InChI is InChI=1S/C19H32N4O/c1-16(17-9-5-4-6-10-17)24-14-8-12-21-19(20-2)22-15-18-11-7-13-23(18)3/h4-6,9-10,16,18H,7-8,11-15H2,1-3H3,(H2,20,21,22). The van der Waals surface area contributed by atoms with Crippen LogP contribution in [0.4, 0.5) is 0 Å². The van der Waals surface area contributed by atoms with Crippen LogP contribution in [0.5, 0.6) is 0 Å². The molecule has 0 aliphatic carbocycles. The highest BCUT2D eigenvalue weighted by atomic mass is 16.5. The Labute approximate surface area is 146 Å². The average molecular weight is 332 g/mol. The Kier molecular flexibility index (Phi) is 8.05. The van der Waals surface area contributed by atoms with Gasteiger partial charge < -0.3 is 20.3 Å². The number of hydrogen-bond acceptors (Lipinski definition) is 3. The second-order valence-corrected chi connectivity index (χ2v) is 6.43. The topological polar surface area (TPSA) is 48.9 Å². The van der Waals surface area contributed by atoms with Crippen molar-refractivity contribution in [3.63, 3.8) is 0 Å². The number of likely N-dealkylation sites (tertiary alicyclic amines) is 1. The summed E-state index contributed by atoms with van der Waals surface area (Å²) in [6.07, 6.45) is 3.67. The van der Waals surface area contributed by atoms with Crippen molar-refractivity contribution in [2.24, 2.45) is 4.99 Å². The van der Waals surface area contributed by atoms with E-state index in [0.29, 0.717) is 6.04 Å². The molecule has 0 spiro atoms. The predicted octanol–water partition coefficient (Wildman–Crippen LogP) is 2.41. The van der Waals surface area contributed by atoms with E-state index >= 15 is 0 Å². The number of aliphatic imine (C=N–C) groups is 1. The van der Waals surface area contributed by atoms with Crippen LogP contribution < -0.4 is 10.6 Å². The summed E-state index contributed by atoms with van der Waals surface area (Å²) in [5.41, 5.74) is 1.23. The van der Waals surface area contributed by atoms with Crippen LogP contribution in [-0.4, -0.2) is 57.2 Å². The molecule has 0 amide bonds. The van der Waals surface area contributed by atoms with Crippen LogP contribution in [0.1, 0.15) is 37.9 Å². The van der Waals surface area contributed by atoms with E-state index in [-0.39, 0.29) is 6.10 Å². The number of nitrogens with zero attached hydrogens (tertiary/aromatic N) is 2. The molecule has 2 unspecified atom stereocenters. The summed E-state index contributed by atoms with van der Waals surface area (Å²) >= 11 is 0. The van der Waals surface area contributed by atoms with Crippen LogP contribution in [0.25, 0.3) is 0 Å². The quantitative estimate of drug-likeness (QED) is 0.436. The van der Waals surface area contributed by atoms with Gasteiger partial charge in [0.25, 0.3) is 0 Å². The van der Waals surface area contributed by atoms with E-state index in [9.17, 15) is 0 Å². The fourth-order valence-electron chi connectivity index (χ4n) is 3.03. The van der Waals surface area contributed by atoms with Gasteiger partial charge in [0.2, 0.25) is 0 Å². The molecule has 2 N–H and O–H groups in total. The molecular formula is C19H32N4O. The minimum Gasteiger partial charge on any atom is -0.374 e. The maximum Gasteiger partial charge on any atom is 0.191 e. The molecule has 0 aromatic heterocycles. The maximum atomic E-state index is 5.89. The second-order valence-electron chi connectivity index (χ2n) is 6.43. The Morgan fingerprint density at radius 3 is 2.79 bits per heavy atom. The zero-order valence-corrected chi connectivity index (χ0v) is 15.3. The number of guanidine groups is 1. The molecule has 1 fully saturated rings. The summed E-state index contributed by atoms with van der Waals surface area (Å²) in [7, 11) is 4.02. The van der Waals surface area contributed by atoms with Gasteiger partial charge in [0.15, 0.2) is 5.96 Å². The highest BCUT2D eigenvalue weighted by Crippen LogP contribution is 2.15. The third kappa shape index (κ3) is 6.13. The lowest BCUT2D eigenvalue weighted by atomic mass is 10.1. The monoisotopic (exact) mass is 332 g/mol. The molecule has 1 aliphatic heterocycles. The first-order chi connectivity index (χ1) is 11.7. The SMILES string of the molecule is CN=C(NCCCOC(C)c1ccccc1)NCC1CCCN1C. The lowest BCUT2D eigenvalue weighted by Crippen LogP contribution is -2.44. The van der Waals surface area contributed by atoms with Gasteiger partial charge in [-0.1, -0.05) is 30.3 Å². The van der Waals surface area contributed by atoms with Crippen LogP contribution in [0.2, 0.25) is 0 Å². The molecule has 1 aromatic rings. The Morgan fingerprint density at radius 2 is 2.12 bits per heavy atom. The number of ether oxygens (including phenoxy) is 1. The maximum absolute atomic E-state index is 5.89. The first kappa shape index (κ1) is 18.7. The lowest BCUT2D eigenvalue weighted by Gasteiger charge is -2.21. The normalized spacial score (nSPS) is 20.1. The van der Waals surface area contributed by atoms with Crippen molar-refractivity contribution < 1.29 is 4.74 Å². The molecule has 2 rings (SSSR count). The summed E-state index contributed by atoms with van der Waals surface area (Å²) < 4.78 is 5.89. The van der Waals surface area contributed by atoms with Crippen LogP contribution in [-0.2, 0) is 4.74 Å². The fourth-order valence-corrected chi connectivity index (χ4v) is 3.03. The van der Waals surface area contributed by atoms with Crippen molar-refractivity contribution in [2.45, 2.75) is 38.3 Å². The molecule has 5 heteroatoms. The highest BCUT2D eigenvalue weighted by Gasteiger charge is 2.20. The van der Waals surface area contributed by atoms with Gasteiger partial charge in [-0.3, -0.25) is 4.99 Å². The number of rotatable bonds is 8. The smallest absolute Gasteiger partial charge is 0.191 e. The van der Waals surface area contributed by atoms with Gasteiger partial charge in [-0.25, -0.2) is 0 Å². The molecule has 2 atom stereocenters. The van der Waals surface area contributed by atoms with Crippen molar-refractivity contribution >= 4 is 5.96 Å². The van der Waals surface area contributed by atoms with Gasteiger partial charge in [-0.15, -0.1) is 0 Å². The largest absolute Gasteiger partial charge is 0.374 e. The van der Waals surface area contributed by atoms with Crippen molar-refractivity contribution in [2.75, 3.05) is 40.3 Å². The van der Waals surface area contributed by atoms with Gasteiger partial charge in [-0.2, -0.15) is 0 Å². The number of likely N-dealkylation sites (N-methyl/N-ethyl adjacent to an activating group) is 1. The first-order valence-corrected chi connectivity index (χ1v) is 9.02. The molecule has 24 heavy (non-hydrogen) atoms. The van der Waals surface area contributed by atoms with E-state index in [1.807, 2.05) is 25.2 Å². The third-order valence-corrected chi connectivity index (χ3v) is 4.65. The Hall–Kier alpha value is -1.59. The van der Waals surface area contributed by atoms with Crippen molar-refractivity contribution in [1.82, 2.24) is 15.5 Å². The zero-order valence-electron chi connectivity index (χ0n) is 15.3. The highest BCUT2D eigenvalue weighted by molar-refractivity contribution is 5.79. The molecule has 1 heterocycles. The predicted molar refractivity (Wildman–Crippen MR) is 100 cm³/mol. The third-order valence-electron chi connectivity index (χ3n) is 4.65. The number of hydrogen-bond donors (Lipinski definition) is 2. The minimum absolute atomic E-state index is 0.140. The van der Waals surface area contributed by atoms with Crippen LogP contribution in [0.15, 0.2) is 35.3 Å². The van der Waals surface area contributed by atoms with E-state index in [1.54, 1.807) is 0 Å². The van der Waals surface area contributed by atoms with Gasteiger partial charge in [0, 0.05) is 32.8 Å². The molecule has 0 radical (unpaired) electrons. The fraction of sp³-hybridized carbons (Fsp3) is 0.632. The lowest BCUT2D eigenvalue weighted by molar-refractivity contribution is 0.0646. The molecule has 1 aliphatic rings.